The molecule has 3 aromatic carbocycles. The van der Waals surface area contributed by atoms with Gasteiger partial charge in [0.1, 0.15) is 23.9 Å². The number of para-hydroxylation sites is 1. The fourth-order valence-corrected chi connectivity index (χ4v) is 3.37. The van der Waals surface area contributed by atoms with Crippen molar-refractivity contribution >= 4 is 11.5 Å². The van der Waals surface area contributed by atoms with Crippen LogP contribution in [-0.4, -0.2) is 31.9 Å². The van der Waals surface area contributed by atoms with Gasteiger partial charge in [0.25, 0.3) is 0 Å². The molecule has 0 radical (unpaired) electrons. The molecule has 0 unspecified atom stereocenters. The molecule has 0 saturated carbocycles. The SMILES string of the molecule is CCOC(=O)[C@H](Cc1ccc(OCC=C(C)c2ccc(Oc3ccccc3)cc2)cc1)OCC. The van der Waals surface area contributed by atoms with Crippen LogP contribution < -0.4 is 9.47 Å². The molecule has 0 aliphatic heterocycles. The van der Waals surface area contributed by atoms with E-state index < -0.39 is 6.10 Å². The van der Waals surface area contributed by atoms with E-state index in [-0.39, 0.29) is 5.97 Å². The van der Waals surface area contributed by atoms with E-state index in [1.165, 1.54) is 0 Å². The van der Waals surface area contributed by atoms with E-state index in [1.54, 1.807) is 6.92 Å². The van der Waals surface area contributed by atoms with E-state index in [0.29, 0.717) is 26.2 Å². The molecule has 178 valence electrons. The van der Waals surface area contributed by atoms with Crippen LogP contribution in [-0.2, 0) is 20.7 Å². The van der Waals surface area contributed by atoms with Crippen LogP contribution in [0.1, 0.15) is 31.9 Å². The lowest BCUT2D eigenvalue weighted by molar-refractivity contribution is -0.156. The first-order chi connectivity index (χ1) is 16.6. The predicted octanol–water partition coefficient (Wildman–Crippen LogP) is 6.47. The summed E-state index contributed by atoms with van der Waals surface area (Å²) in [4.78, 5) is 12.0. The van der Waals surface area contributed by atoms with Gasteiger partial charge in [-0.2, -0.15) is 0 Å². The van der Waals surface area contributed by atoms with Gasteiger partial charge >= 0.3 is 5.97 Å². The van der Waals surface area contributed by atoms with Gasteiger partial charge in [-0.3, -0.25) is 0 Å². The standard InChI is InChI=1S/C29H32O5/c1-4-31-28(29(30)32-5-2)21-23-11-15-25(16-12-23)33-20-19-22(3)24-13-17-27(18-14-24)34-26-9-7-6-8-10-26/h6-19,28H,4-5,20-21H2,1-3H3/t28-/m0/s1. The number of rotatable bonds is 12. The summed E-state index contributed by atoms with van der Waals surface area (Å²) in [6.07, 6.45) is 1.93. The maximum Gasteiger partial charge on any atom is 0.335 e. The predicted molar refractivity (Wildman–Crippen MR) is 134 cm³/mol. The molecule has 0 heterocycles. The fraction of sp³-hybridized carbons (Fsp3) is 0.276. The molecule has 0 aliphatic carbocycles. The monoisotopic (exact) mass is 460 g/mol. The Hall–Kier alpha value is -3.57. The van der Waals surface area contributed by atoms with Crippen molar-refractivity contribution in [2.75, 3.05) is 19.8 Å². The number of carbonyl (C=O) groups excluding carboxylic acids is 1. The Kier molecular flexibility index (Phi) is 9.74. The third-order valence-electron chi connectivity index (χ3n) is 5.19. The molecule has 0 fully saturated rings. The number of benzene rings is 3. The number of esters is 1. The average molecular weight is 461 g/mol. The zero-order chi connectivity index (χ0) is 24.2. The van der Waals surface area contributed by atoms with Crippen LogP contribution in [0.15, 0.2) is 84.9 Å². The lowest BCUT2D eigenvalue weighted by atomic mass is 10.1. The van der Waals surface area contributed by atoms with Gasteiger partial charge in [-0.25, -0.2) is 4.79 Å². The third-order valence-corrected chi connectivity index (χ3v) is 5.19. The lowest BCUT2D eigenvalue weighted by Gasteiger charge is -2.15. The number of carbonyl (C=O) groups is 1. The van der Waals surface area contributed by atoms with Gasteiger partial charge in [0.2, 0.25) is 0 Å². The summed E-state index contributed by atoms with van der Waals surface area (Å²) < 4.78 is 22.4. The maximum atomic E-state index is 12.0. The first-order valence-electron chi connectivity index (χ1n) is 11.6. The van der Waals surface area contributed by atoms with Crippen molar-refractivity contribution in [1.82, 2.24) is 0 Å². The Balaban J connectivity index is 1.51. The van der Waals surface area contributed by atoms with Crippen LogP contribution in [0.5, 0.6) is 17.2 Å². The molecular formula is C29H32O5. The Bertz CT molecular complexity index is 1040. The molecule has 3 rings (SSSR count). The Labute approximate surface area is 201 Å². The second-order valence-electron chi connectivity index (χ2n) is 7.68. The molecule has 3 aromatic rings. The van der Waals surface area contributed by atoms with Crippen LogP contribution in [0.3, 0.4) is 0 Å². The molecule has 0 aromatic heterocycles. The second kappa shape index (κ2) is 13.2. The van der Waals surface area contributed by atoms with Crippen LogP contribution in [0.4, 0.5) is 0 Å². The summed E-state index contributed by atoms with van der Waals surface area (Å²) in [7, 11) is 0. The van der Waals surface area contributed by atoms with Crippen molar-refractivity contribution in [1.29, 1.82) is 0 Å². The minimum absolute atomic E-state index is 0.329. The van der Waals surface area contributed by atoms with E-state index in [9.17, 15) is 4.79 Å². The van der Waals surface area contributed by atoms with Gasteiger partial charge in [0.05, 0.1) is 6.61 Å². The van der Waals surface area contributed by atoms with Crippen molar-refractivity contribution in [2.24, 2.45) is 0 Å². The zero-order valence-electron chi connectivity index (χ0n) is 20.0. The van der Waals surface area contributed by atoms with Crippen LogP contribution in [0.25, 0.3) is 5.57 Å². The first kappa shape index (κ1) is 25.1. The molecule has 5 nitrogen and oxygen atoms in total. The maximum absolute atomic E-state index is 12.0. The highest BCUT2D eigenvalue weighted by atomic mass is 16.6. The molecule has 0 amide bonds. The van der Waals surface area contributed by atoms with Gasteiger partial charge in [0.15, 0.2) is 6.10 Å². The highest BCUT2D eigenvalue weighted by Gasteiger charge is 2.20. The van der Waals surface area contributed by atoms with Crippen molar-refractivity contribution in [3.63, 3.8) is 0 Å². The second-order valence-corrected chi connectivity index (χ2v) is 7.68. The number of hydrogen-bond acceptors (Lipinski definition) is 5. The van der Waals surface area contributed by atoms with Crippen LogP contribution in [0, 0.1) is 0 Å². The average Bonchev–Trinajstić information content (AvgIpc) is 2.86. The quantitative estimate of drug-likeness (QED) is 0.290. The normalized spacial score (nSPS) is 12.1. The molecular weight excluding hydrogens is 428 g/mol. The van der Waals surface area contributed by atoms with E-state index in [0.717, 1.165) is 33.9 Å². The third kappa shape index (κ3) is 7.78. The summed E-state index contributed by atoms with van der Waals surface area (Å²) in [5, 5.41) is 0. The van der Waals surface area contributed by atoms with Crippen molar-refractivity contribution < 1.29 is 23.7 Å². The van der Waals surface area contributed by atoms with E-state index in [2.05, 4.69) is 6.92 Å². The van der Waals surface area contributed by atoms with E-state index >= 15 is 0 Å². The number of hydrogen-bond donors (Lipinski definition) is 0. The summed E-state index contributed by atoms with van der Waals surface area (Å²) in [5.74, 6) is 2.05. The molecule has 34 heavy (non-hydrogen) atoms. The minimum atomic E-state index is -0.591. The van der Waals surface area contributed by atoms with Gasteiger partial charge < -0.3 is 18.9 Å². The number of allylic oxidation sites excluding steroid dienone is 1. The zero-order valence-corrected chi connectivity index (χ0v) is 20.0. The van der Waals surface area contributed by atoms with Crippen molar-refractivity contribution in [3.05, 3.63) is 96.1 Å². The molecule has 0 N–H and O–H groups in total. The molecule has 0 spiro atoms. The summed E-state index contributed by atoms with van der Waals surface area (Å²) >= 11 is 0. The molecule has 0 saturated heterocycles. The van der Waals surface area contributed by atoms with Crippen LogP contribution in [0.2, 0.25) is 0 Å². The summed E-state index contributed by atoms with van der Waals surface area (Å²) in [6.45, 7) is 6.97. The van der Waals surface area contributed by atoms with Crippen molar-refractivity contribution in [2.45, 2.75) is 33.3 Å². The summed E-state index contributed by atoms with van der Waals surface area (Å²) in [6, 6.07) is 25.4. The van der Waals surface area contributed by atoms with Gasteiger partial charge in [-0.1, -0.05) is 42.5 Å². The Morgan fingerprint density at radius 3 is 2.12 bits per heavy atom. The van der Waals surface area contributed by atoms with Gasteiger partial charge in [0, 0.05) is 13.0 Å². The van der Waals surface area contributed by atoms with Gasteiger partial charge in [-0.05, 0) is 79.9 Å². The lowest BCUT2D eigenvalue weighted by Crippen LogP contribution is -2.28. The first-order valence-corrected chi connectivity index (χ1v) is 11.6. The smallest absolute Gasteiger partial charge is 0.335 e. The van der Waals surface area contributed by atoms with E-state index in [1.807, 2.05) is 91.9 Å². The van der Waals surface area contributed by atoms with E-state index in [4.69, 9.17) is 18.9 Å². The fourth-order valence-electron chi connectivity index (χ4n) is 3.37. The van der Waals surface area contributed by atoms with Crippen LogP contribution >= 0.6 is 0 Å². The molecule has 0 aliphatic rings. The number of ether oxygens (including phenoxy) is 4. The Morgan fingerprint density at radius 1 is 0.824 bits per heavy atom. The minimum Gasteiger partial charge on any atom is -0.490 e. The molecule has 5 heteroatoms. The van der Waals surface area contributed by atoms with Crippen molar-refractivity contribution in [3.8, 4) is 17.2 Å². The largest absolute Gasteiger partial charge is 0.490 e. The topological polar surface area (TPSA) is 54.0 Å². The molecule has 0 bridgehead atoms. The highest BCUT2D eigenvalue weighted by Crippen LogP contribution is 2.23. The highest BCUT2D eigenvalue weighted by molar-refractivity contribution is 5.75. The van der Waals surface area contributed by atoms with Gasteiger partial charge in [-0.15, -0.1) is 0 Å². The Morgan fingerprint density at radius 2 is 1.47 bits per heavy atom. The molecule has 1 atom stereocenters. The summed E-state index contributed by atoms with van der Waals surface area (Å²) in [5.41, 5.74) is 3.22.